The van der Waals surface area contributed by atoms with Gasteiger partial charge in [0.15, 0.2) is 0 Å². The summed E-state index contributed by atoms with van der Waals surface area (Å²) in [6.07, 6.45) is 1.73. The molecule has 0 aromatic carbocycles. The standard InChI is InChI=1S/C12H10N4S/c1-9-15-11(10-4-2-3-6-14-10)8-12(16-9)17-7-5-13/h2-4,6,8H,7H2,1H3. The molecule has 0 aliphatic heterocycles. The minimum Gasteiger partial charge on any atom is -0.255 e. The number of rotatable bonds is 3. The third-order valence-electron chi connectivity index (χ3n) is 2.03. The van der Waals surface area contributed by atoms with Crippen LogP contribution in [0.5, 0.6) is 0 Å². The number of aromatic nitrogens is 3. The first kappa shape index (κ1) is 11.6. The zero-order valence-corrected chi connectivity index (χ0v) is 10.1. The number of aryl methyl sites for hydroxylation is 1. The maximum absolute atomic E-state index is 8.56. The molecule has 0 bridgehead atoms. The van der Waals surface area contributed by atoms with Crippen molar-refractivity contribution in [3.8, 4) is 17.5 Å². The van der Waals surface area contributed by atoms with Crippen molar-refractivity contribution in [1.29, 1.82) is 5.26 Å². The Morgan fingerprint density at radius 2 is 2.18 bits per heavy atom. The molecular formula is C12H10N4S. The molecule has 2 heterocycles. The molecule has 0 atom stereocenters. The van der Waals surface area contributed by atoms with E-state index < -0.39 is 0 Å². The molecule has 5 heteroatoms. The van der Waals surface area contributed by atoms with Gasteiger partial charge < -0.3 is 0 Å². The summed E-state index contributed by atoms with van der Waals surface area (Å²) in [5.74, 6) is 1.08. The lowest BCUT2D eigenvalue weighted by atomic mass is 10.2. The largest absolute Gasteiger partial charge is 0.255 e. The van der Waals surface area contributed by atoms with Gasteiger partial charge in [0.1, 0.15) is 10.9 Å². The first-order valence-electron chi connectivity index (χ1n) is 5.06. The lowest BCUT2D eigenvalue weighted by molar-refractivity contribution is 0.969. The van der Waals surface area contributed by atoms with Crippen molar-refractivity contribution < 1.29 is 0 Å². The van der Waals surface area contributed by atoms with Gasteiger partial charge in [0, 0.05) is 6.20 Å². The molecule has 0 unspecified atom stereocenters. The highest BCUT2D eigenvalue weighted by Crippen LogP contribution is 2.21. The molecular weight excluding hydrogens is 232 g/mol. The normalized spacial score (nSPS) is 9.88. The van der Waals surface area contributed by atoms with E-state index in [4.69, 9.17) is 5.26 Å². The van der Waals surface area contributed by atoms with Gasteiger partial charge in [0.25, 0.3) is 0 Å². The van der Waals surface area contributed by atoms with Crippen LogP contribution in [-0.2, 0) is 0 Å². The van der Waals surface area contributed by atoms with Crippen molar-refractivity contribution in [3.63, 3.8) is 0 Å². The number of nitriles is 1. The number of nitrogens with zero attached hydrogens (tertiary/aromatic N) is 4. The van der Waals surface area contributed by atoms with Crippen LogP contribution in [0.3, 0.4) is 0 Å². The molecule has 0 N–H and O–H groups in total. The third kappa shape index (κ3) is 3.02. The van der Waals surface area contributed by atoms with Gasteiger partial charge in [-0.3, -0.25) is 4.98 Å². The van der Waals surface area contributed by atoms with E-state index in [9.17, 15) is 0 Å². The Balaban J connectivity index is 2.36. The zero-order valence-electron chi connectivity index (χ0n) is 9.29. The molecule has 17 heavy (non-hydrogen) atoms. The topological polar surface area (TPSA) is 62.5 Å². The smallest absolute Gasteiger partial charge is 0.127 e. The summed E-state index contributed by atoms with van der Waals surface area (Å²) in [5.41, 5.74) is 1.61. The highest BCUT2D eigenvalue weighted by atomic mass is 32.2. The summed E-state index contributed by atoms with van der Waals surface area (Å²) >= 11 is 1.40. The number of pyridine rings is 1. The highest BCUT2D eigenvalue weighted by Gasteiger charge is 2.05. The molecule has 0 spiro atoms. The van der Waals surface area contributed by atoms with Gasteiger partial charge in [-0.25, -0.2) is 9.97 Å². The lowest BCUT2D eigenvalue weighted by Crippen LogP contribution is -1.94. The van der Waals surface area contributed by atoms with Crippen molar-refractivity contribution >= 4 is 11.8 Å². The minimum atomic E-state index is 0.387. The number of hydrogen-bond acceptors (Lipinski definition) is 5. The number of hydrogen-bond donors (Lipinski definition) is 0. The molecule has 0 aliphatic carbocycles. The highest BCUT2D eigenvalue weighted by molar-refractivity contribution is 7.99. The summed E-state index contributed by atoms with van der Waals surface area (Å²) in [5, 5.41) is 9.36. The zero-order chi connectivity index (χ0) is 12.1. The molecule has 0 radical (unpaired) electrons. The molecule has 0 amide bonds. The van der Waals surface area contributed by atoms with Crippen LogP contribution in [-0.4, -0.2) is 20.7 Å². The van der Waals surface area contributed by atoms with Gasteiger partial charge in [-0.15, -0.1) is 0 Å². The second-order valence-electron chi connectivity index (χ2n) is 3.30. The van der Waals surface area contributed by atoms with E-state index >= 15 is 0 Å². The molecule has 0 fully saturated rings. The Bertz CT molecular complexity index is 548. The fourth-order valence-corrected chi connectivity index (χ4v) is 1.97. The van der Waals surface area contributed by atoms with E-state index in [-0.39, 0.29) is 0 Å². The van der Waals surface area contributed by atoms with Crippen LogP contribution in [0.2, 0.25) is 0 Å². The van der Waals surface area contributed by atoms with Crippen LogP contribution in [0.15, 0.2) is 35.5 Å². The Labute approximate surface area is 104 Å². The molecule has 4 nitrogen and oxygen atoms in total. The van der Waals surface area contributed by atoms with Crippen molar-refractivity contribution in [2.24, 2.45) is 0 Å². The second-order valence-corrected chi connectivity index (χ2v) is 4.30. The maximum Gasteiger partial charge on any atom is 0.127 e. The molecule has 2 rings (SSSR count). The van der Waals surface area contributed by atoms with Crippen molar-refractivity contribution in [2.75, 3.05) is 5.75 Å². The number of thioether (sulfide) groups is 1. The Morgan fingerprint density at radius 3 is 2.88 bits per heavy atom. The van der Waals surface area contributed by atoms with Crippen LogP contribution >= 0.6 is 11.8 Å². The van der Waals surface area contributed by atoms with Crippen LogP contribution in [0, 0.1) is 18.3 Å². The second kappa shape index (κ2) is 5.41. The van der Waals surface area contributed by atoms with Gasteiger partial charge in [-0.2, -0.15) is 5.26 Å². The Kier molecular flexibility index (Phi) is 3.68. The first-order valence-corrected chi connectivity index (χ1v) is 6.05. The average Bonchev–Trinajstić information content (AvgIpc) is 2.37. The van der Waals surface area contributed by atoms with Gasteiger partial charge in [-0.05, 0) is 25.1 Å². The quantitative estimate of drug-likeness (QED) is 0.611. The van der Waals surface area contributed by atoms with Crippen LogP contribution in [0.1, 0.15) is 5.82 Å². The Hall–Kier alpha value is -1.93. The SMILES string of the molecule is Cc1nc(SCC#N)cc(-c2ccccn2)n1. The molecule has 2 aromatic rings. The molecule has 0 saturated carbocycles. The first-order chi connectivity index (χ1) is 8.29. The average molecular weight is 242 g/mol. The Morgan fingerprint density at radius 1 is 1.29 bits per heavy atom. The van der Waals surface area contributed by atoms with E-state index in [1.165, 1.54) is 11.8 Å². The summed E-state index contributed by atoms with van der Waals surface area (Å²) in [6, 6.07) is 9.63. The van der Waals surface area contributed by atoms with Gasteiger partial charge in [-0.1, -0.05) is 17.8 Å². The van der Waals surface area contributed by atoms with Crippen LogP contribution in [0.4, 0.5) is 0 Å². The van der Waals surface area contributed by atoms with E-state index in [1.54, 1.807) is 6.20 Å². The van der Waals surface area contributed by atoms with E-state index in [0.717, 1.165) is 16.4 Å². The summed E-state index contributed by atoms with van der Waals surface area (Å²) in [4.78, 5) is 12.9. The summed E-state index contributed by atoms with van der Waals surface area (Å²) in [7, 11) is 0. The van der Waals surface area contributed by atoms with Crippen LogP contribution < -0.4 is 0 Å². The monoisotopic (exact) mass is 242 g/mol. The van der Waals surface area contributed by atoms with Crippen molar-refractivity contribution in [3.05, 3.63) is 36.3 Å². The van der Waals surface area contributed by atoms with E-state index in [0.29, 0.717) is 11.6 Å². The predicted molar refractivity (Wildman–Crippen MR) is 66.3 cm³/mol. The fraction of sp³-hybridized carbons (Fsp3) is 0.167. The molecule has 0 aliphatic rings. The third-order valence-corrected chi connectivity index (χ3v) is 2.80. The molecule has 84 valence electrons. The van der Waals surface area contributed by atoms with Crippen molar-refractivity contribution in [1.82, 2.24) is 15.0 Å². The molecule has 2 aromatic heterocycles. The van der Waals surface area contributed by atoms with Crippen LogP contribution in [0.25, 0.3) is 11.4 Å². The lowest BCUT2D eigenvalue weighted by Gasteiger charge is -2.03. The maximum atomic E-state index is 8.56. The van der Waals surface area contributed by atoms with Gasteiger partial charge in [0.05, 0.1) is 23.2 Å². The fourth-order valence-electron chi connectivity index (χ4n) is 1.37. The predicted octanol–water partition coefficient (Wildman–Crippen LogP) is 2.46. The van der Waals surface area contributed by atoms with Crippen molar-refractivity contribution in [2.45, 2.75) is 11.9 Å². The van der Waals surface area contributed by atoms with Gasteiger partial charge in [0.2, 0.25) is 0 Å². The minimum absolute atomic E-state index is 0.387. The van der Waals surface area contributed by atoms with Gasteiger partial charge >= 0.3 is 0 Å². The molecule has 0 saturated heterocycles. The summed E-state index contributed by atoms with van der Waals surface area (Å²) in [6.45, 7) is 1.84. The summed E-state index contributed by atoms with van der Waals surface area (Å²) < 4.78 is 0. The van der Waals surface area contributed by atoms with E-state index in [1.807, 2.05) is 31.2 Å². The van der Waals surface area contributed by atoms with E-state index in [2.05, 4.69) is 21.0 Å².